The molecule has 0 spiro atoms. The molecule has 4 fully saturated rings. The highest BCUT2D eigenvalue weighted by Crippen LogP contribution is 2.55. The monoisotopic (exact) mass is 411 g/mol. The summed E-state index contributed by atoms with van der Waals surface area (Å²) in [5.41, 5.74) is 2.21. The minimum Gasteiger partial charge on any atom is -0.493 e. The van der Waals surface area contributed by atoms with Gasteiger partial charge in [0.25, 0.3) is 5.91 Å². The molecule has 1 aromatic heterocycles. The van der Waals surface area contributed by atoms with Gasteiger partial charge in [-0.3, -0.25) is 4.79 Å². The summed E-state index contributed by atoms with van der Waals surface area (Å²) < 4.78 is 11.4. The number of ether oxygens (including phenoxy) is 2. The summed E-state index contributed by atoms with van der Waals surface area (Å²) in [6, 6.07) is 7.88. The van der Waals surface area contributed by atoms with E-state index in [0.29, 0.717) is 6.61 Å². The van der Waals surface area contributed by atoms with E-state index in [1.807, 2.05) is 36.6 Å². The first-order valence-corrected chi connectivity index (χ1v) is 11.6. The number of rotatable bonds is 6. The van der Waals surface area contributed by atoms with Gasteiger partial charge in [-0.05, 0) is 92.3 Å². The molecule has 4 nitrogen and oxygen atoms in total. The Morgan fingerprint density at radius 3 is 2.45 bits per heavy atom. The van der Waals surface area contributed by atoms with Crippen LogP contribution in [0.3, 0.4) is 0 Å². The van der Waals surface area contributed by atoms with Gasteiger partial charge < -0.3 is 14.8 Å². The van der Waals surface area contributed by atoms with Crippen LogP contribution in [-0.4, -0.2) is 18.6 Å². The van der Waals surface area contributed by atoms with Crippen molar-refractivity contribution < 1.29 is 14.3 Å². The summed E-state index contributed by atoms with van der Waals surface area (Å²) in [5.74, 6) is 4.05. The van der Waals surface area contributed by atoms with Gasteiger partial charge >= 0.3 is 0 Å². The number of methoxy groups -OCH3 is 1. The number of hydrogen-bond donors (Lipinski definition) is 1. The second kappa shape index (κ2) is 7.35. The van der Waals surface area contributed by atoms with Crippen molar-refractivity contribution >= 4 is 17.2 Å². The van der Waals surface area contributed by atoms with Crippen molar-refractivity contribution in [2.24, 2.45) is 17.8 Å². The van der Waals surface area contributed by atoms with Crippen molar-refractivity contribution in [2.45, 2.75) is 57.6 Å². The van der Waals surface area contributed by atoms with Crippen LogP contribution in [0.25, 0.3) is 0 Å². The van der Waals surface area contributed by atoms with E-state index in [9.17, 15) is 4.79 Å². The van der Waals surface area contributed by atoms with Gasteiger partial charge in [0.05, 0.1) is 12.0 Å². The van der Waals surface area contributed by atoms with Gasteiger partial charge in [0.1, 0.15) is 6.61 Å². The number of benzene rings is 1. The maximum Gasteiger partial charge on any atom is 0.261 e. The number of aryl methyl sites for hydroxylation is 1. The van der Waals surface area contributed by atoms with Gasteiger partial charge in [0, 0.05) is 11.1 Å². The largest absolute Gasteiger partial charge is 0.493 e. The first-order chi connectivity index (χ1) is 14.0. The molecule has 0 atom stereocenters. The number of hydrogen-bond acceptors (Lipinski definition) is 4. The predicted octanol–water partition coefficient (Wildman–Crippen LogP) is 5.34. The van der Waals surface area contributed by atoms with Crippen LogP contribution in [0.5, 0.6) is 11.5 Å². The summed E-state index contributed by atoms with van der Waals surface area (Å²) in [5, 5.41) is 5.49. The topological polar surface area (TPSA) is 47.6 Å². The highest BCUT2D eigenvalue weighted by atomic mass is 32.1. The van der Waals surface area contributed by atoms with Gasteiger partial charge in [0.15, 0.2) is 11.5 Å². The molecule has 0 aliphatic heterocycles. The number of nitrogens with one attached hydrogen (secondary N) is 1. The zero-order valence-corrected chi connectivity index (χ0v) is 18.0. The van der Waals surface area contributed by atoms with E-state index in [2.05, 4.69) is 5.32 Å². The molecule has 5 heteroatoms. The Labute approximate surface area is 176 Å². The summed E-state index contributed by atoms with van der Waals surface area (Å²) in [7, 11) is 1.65. The van der Waals surface area contributed by atoms with E-state index in [1.165, 1.54) is 49.9 Å². The Morgan fingerprint density at radius 1 is 1.10 bits per heavy atom. The lowest BCUT2D eigenvalue weighted by Gasteiger charge is -2.56. The van der Waals surface area contributed by atoms with E-state index in [0.717, 1.165) is 45.3 Å². The van der Waals surface area contributed by atoms with E-state index in [4.69, 9.17) is 9.47 Å². The third-order valence-corrected chi connectivity index (χ3v) is 7.99. The quantitative estimate of drug-likeness (QED) is 0.698. The summed E-state index contributed by atoms with van der Waals surface area (Å²) in [4.78, 5) is 13.8. The van der Waals surface area contributed by atoms with Gasteiger partial charge in [-0.15, -0.1) is 11.3 Å². The lowest BCUT2D eigenvalue weighted by Crippen LogP contribution is -2.59. The Balaban J connectivity index is 1.23. The smallest absolute Gasteiger partial charge is 0.261 e. The van der Waals surface area contributed by atoms with Crippen LogP contribution in [0, 0.1) is 24.7 Å². The zero-order valence-electron chi connectivity index (χ0n) is 17.2. The minimum absolute atomic E-state index is 0.0573. The summed E-state index contributed by atoms with van der Waals surface area (Å²) in [6.45, 7) is 2.46. The maximum absolute atomic E-state index is 13.0. The van der Waals surface area contributed by atoms with Crippen LogP contribution in [0.2, 0.25) is 0 Å². The number of amides is 1. The predicted molar refractivity (Wildman–Crippen MR) is 115 cm³/mol. The van der Waals surface area contributed by atoms with E-state index in [1.54, 1.807) is 7.11 Å². The highest BCUT2D eigenvalue weighted by molar-refractivity contribution is 7.12. The second-order valence-corrected chi connectivity index (χ2v) is 10.3. The van der Waals surface area contributed by atoms with Crippen LogP contribution in [0.15, 0.2) is 29.6 Å². The number of carbonyl (C=O) groups is 1. The number of carbonyl (C=O) groups excluding carboxylic acids is 1. The van der Waals surface area contributed by atoms with Crippen molar-refractivity contribution in [3.05, 3.63) is 45.6 Å². The molecule has 154 valence electrons. The summed E-state index contributed by atoms with van der Waals surface area (Å²) in [6.07, 6.45) is 7.70. The van der Waals surface area contributed by atoms with Gasteiger partial charge in [-0.2, -0.15) is 0 Å². The molecular formula is C24H29NO3S. The maximum atomic E-state index is 13.0. The highest BCUT2D eigenvalue weighted by Gasteiger charge is 2.51. The first kappa shape index (κ1) is 19.0. The van der Waals surface area contributed by atoms with Crippen molar-refractivity contribution in [1.29, 1.82) is 0 Å². The van der Waals surface area contributed by atoms with Crippen LogP contribution in [-0.2, 0) is 6.61 Å². The van der Waals surface area contributed by atoms with Gasteiger partial charge in [-0.25, -0.2) is 0 Å². The standard InChI is InChI=1S/C24H29NO3S/c1-15-3-4-20(21(5-15)27-2)28-13-19-9-22(29-14-19)23(26)25-24-10-16-6-17(11-24)8-18(7-16)12-24/h3-5,9,14,16-18H,6-8,10-13H2,1-2H3,(H,25,26). The van der Waals surface area contributed by atoms with Crippen molar-refractivity contribution in [3.8, 4) is 11.5 Å². The third-order valence-electron chi connectivity index (χ3n) is 7.01. The van der Waals surface area contributed by atoms with E-state index < -0.39 is 0 Å². The van der Waals surface area contributed by atoms with Crippen LogP contribution >= 0.6 is 11.3 Å². The normalized spacial score (nSPS) is 29.7. The Hall–Kier alpha value is -2.01. The lowest BCUT2D eigenvalue weighted by molar-refractivity contribution is -0.0166. The first-order valence-electron chi connectivity index (χ1n) is 10.7. The molecule has 0 radical (unpaired) electrons. The Kier molecular flexibility index (Phi) is 4.81. The molecule has 1 N–H and O–H groups in total. The van der Waals surface area contributed by atoms with E-state index in [-0.39, 0.29) is 11.4 Å². The lowest BCUT2D eigenvalue weighted by atomic mass is 9.53. The van der Waals surface area contributed by atoms with Gasteiger partial charge in [-0.1, -0.05) is 6.07 Å². The Morgan fingerprint density at radius 2 is 1.79 bits per heavy atom. The van der Waals surface area contributed by atoms with Crippen LogP contribution in [0.1, 0.15) is 59.3 Å². The Bertz CT molecular complexity index is 883. The average molecular weight is 412 g/mol. The SMILES string of the molecule is COc1cc(C)ccc1OCc1csc(C(=O)NC23CC4CC(CC(C4)C2)C3)c1. The van der Waals surface area contributed by atoms with Gasteiger partial charge in [0.2, 0.25) is 0 Å². The van der Waals surface area contributed by atoms with Crippen molar-refractivity contribution in [2.75, 3.05) is 7.11 Å². The number of thiophene rings is 1. The van der Waals surface area contributed by atoms with E-state index >= 15 is 0 Å². The molecule has 1 heterocycles. The van der Waals surface area contributed by atoms with Crippen molar-refractivity contribution in [1.82, 2.24) is 5.32 Å². The molecule has 2 aromatic rings. The molecular weight excluding hydrogens is 382 g/mol. The van der Waals surface area contributed by atoms with Crippen molar-refractivity contribution in [3.63, 3.8) is 0 Å². The fraction of sp³-hybridized carbons (Fsp3) is 0.542. The zero-order chi connectivity index (χ0) is 20.0. The second-order valence-electron chi connectivity index (χ2n) is 9.41. The fourth-order valence-electron chi connectivity index (χ4n) is 6.19. The fourth-order valence-corrected chi connectivity index (χ4v) is 6.98. The molecule has 1 amide bonds. The molecule has 0 saturated heterocycles. The molecule has 4 bridgehead atoms. The van der Waals surface area contributed by atoms with Crippen LogP contribution in [0.4, 0.5) is 0 Å². The summed E-state index contributed by atoms with van der Waals surface area (Å²) >= 11 is 1.51. The third kappa shape index (κ3) is 3.77. The average Bonchev–Trinajstić information content (AvgIpc) is 3.14. The minimum atomic E-state index is 0.0573. The molecule has 1 aromatic carbocycles. The van der Waals surface area contributed by atoms with Crippen LogP contribution < -0.4 is 14.8 Å². The molecule has 29 heavy (non-hydrogen) atoms. The molecule has 0 unspecified atom stereocenters. The molecule has 4 aliphatic rings. The molecule has 4 aliphatic carbocycles. The molecule has 6 rings (SSSR count). The molecule has 4 saturated carbocycles.